The average Bonchev–Trinajstić information content (AvgIpc) is 2.32. The number of benzene rings is 1. The predicted octanol–water partition coefficient (Wildman–Crippen LogP) is 2.95. The molecule has 0 heterocycles. The topological polar surface area (TPSA) is 42.2 Å². The first kappa shape index (κ1) is 13.5. The van der Waals surface area contributed by atoms with Gasteiger partial charge in [0.05, 0.1) is 24.7 Å². The minimum atomic E-state index is -0.152. The van der Waals surface area contributed by atoms with Crippen molar-refractivity contribution in [2.45, 2.75) is 32.3 Å². The van der Waals surface area contributed by atoms with Gasteiger partial charge in [0.1, 0.15) is 5.75 Å². The summed E-state index contributed by atoms with van der Waals surface area (Å²) in [6.45, 7) is 4.69. The van der Waals surface area contributed by atoms with Gasteiger partial charge in [-0.1, -0.05) is 12.1 Å². The maximum absolute atomic E-state index is 8.55. The van der Waals surface area contributed by atoms with Gasteiger partial charge in [0.15, 0.2) is 0 Å². The van der Waals surface area contributed by atoms with E-state index in [2.05, 4.69) is 6.07 Å². The first-order valence-electron chi connectivity index (χ1n) is 5.71. The minimum absolute atomic E-state index is 0.152. The fraction of sp³-hybridized carbons (Fsp3) is 0.500. The van der Waals surface area contributed by atoms with Crippen molar-refractivity contribution in [1.29, 1.82) is 5.26 Å². The molecule has 0 aromatic heterocycles. The molecule has 17 heavy (non-hydrogen) atoms. The van der Waals surface area contributed by atoms with Crippen LogP contribution in [-0.4, -0.2) is 19.3 Å². The molecular weight excluding hydrogens is 214 g/mol. The number of hydrogen-bond acceptors (Lipinski definition) is 3. The van der Waals surface area contributed by atoms with Crippen molar-refractivity contribution in [2.75, 3.05) is 13.7 Å². The summed E-state index contributed by atoms with van der Waals surface area (Å²) >= 11 is 0. The molecule has 1 aromatic rings. The van der Waals surface area contributed by atoms with E-state index >= 15 is 0 Å². The largest absolute Gasteiger partial charge is 0.493 e. The molecule has 1 rings (SSSR count). The zero-order valence-electron chi connectivity index (χ0n) is 10.7. The van der Waals surface area contributed by atoms with Crippen LogP contribution in [0.2, 0.25) is 0 Å². The Hall–Kier alpha value is -1.53. The van der Waals surface area contributed by atoms with E-state index in [1.165, 1.54) is 0 Å². The lowest BCUT2D eigenvalue weighted by molar-refractivity contribution is 0.00545. The molecule has 3 nitrogen and oxygen atoms in total. The Kier molecular flexibility index (Phi) is 4.99. The molecule has 0 amide bonds. The Bertz CT molecular complexity index is 376. The van der Waals surface area contributed by atoms with Gasteiger partial charge in [0.25, 0.3) is 0 Å². The third-order valence-electron chi connectivity index (χ3n) is 2.73. The molecule has 0 fully saturated rings. The van der Waals surface area contributed by atoms with Gasteiger partial charge in [-0.15, -0.1) is 0 Å². The number of ether oxygens (including phenoxy) is 2. The number of methoxy groups -OCH3 is 1. The van der Waals surface area contributed by atoms with Gasteiger partial charge in [-0.05, 0) is 31.5 Å². The van der Waals surface area contributed by atoms with Crippen LogP contribution in [0.15, 0.2) is 24.3 Å². The van der Waals surface area contributed by atoms with Gasteiger partial charge >= 0.3 is 0 Å². The predicted molar refractivity (Wildman–Crippen MR) is 67.0 cm³/mol. The average molecular weight is 233 g/mol. The zero-order chi connectivity index (χ0) is 12.7. The second-order valence-electron chi connectivity index (χ2n) is 4.54. The fourth-order valence-electron chi connectivity index (χ4n) is 1.31. The summed E-state index contributed by atoms with van der Waals surface area (Å²) in [5.74, 6) is 0.832. The van der Waals surface area contributed by atoms with E-state index in [0.29, 0.717) is 13.0 Å². The number of rotatable bonds is 6. The Balaban J connectivity index is 2.40. The van der Waals surface area contributed by atoms with E-state index in [-0.39, 0.29) is 5.60 Å². The quantitative estimate of drug-likeness (QED) is 0.758. The van der Waals surface area contributed by atoms with Gasteiger partial charge in [0, 0.05) is 13.5 Å². The second-order valence-corrected chi connectivity index (χ2v) is 4.54. The third-order valence-corrected chi connectivity index (χ3v) is 2.73. The first-order valence-corrected chi connectivity index (χ1v) is 5.71. The Morgan fingerprint density at radius 2 is 1.88 bits per heavy atom. The second kappa shape index (κ2) is 6.27. The summed E-state index contributed by atoms with van der Waals surface area (Å²) in [4.78, 5) is 0. The van der Waals surface area contributed by atoms with Crippen LogP contribution in [0.5, 0.6) is 5.75 Å². The summed E-state index contributed by atoms with van der Waals surface area (Å²) in [7, 11) is 1.71. The third kappa shape index (κ3) is 4.88. The van der Waals surface area contributed by atoms with Gasteiger partial charge in [-0.3, -0.25) is 0 Å². The summed E-state index contributed by atoms with van der Waals surface area (Å²) in [5, 5.41) is 8.55. The van der Waals surface area contributed by atoms with Crippen molar-refractivity contribution in [2.24, 2.45) is 0 Å². The fourth-order valence-corrected chi connectivity index (χ4v) is 1.31. The summed E-state index contributed by atoms with van der Waals surface area (Å²) in [5.41, 5.74) is 0.859. The standard InChI is InChI=1S/C14H19NO2/c1-14(2,16-3)9-11-17-13-6-4-12(5-7-13)8-10-15/h4-7H,8-9,11H2,1-3H3. The maximum Gasteiger partial charge on any atom is 0.119 e. The van der Waals surface area contributed by atoms with Crippen molar-refractivity contribution in [1.82, 2.24) is 0 Å². The minimum Gasteiger partial charge on any atom is -0.493 e. The van der Waals surface area contributed by atoms with Gasteiger partial charge in [0.2, 0.25) is 0 Å². The van der Waals surface area contributed by atoms with Crippen LogP contribution < -0.4 is 4.74 Å². The molecule has 0 saturated heterocycles. The van der Waals surface area contributed by atoms with E-state index in [9.17, 15) is 0 Å². The summed E-state index contributed by atoms with van der Waals surface area (Å²) in [6.07, 6.45) is 1.28. The van der Waals surface area contributed by atoms with Crippen molar-refractivity contribution < 1.29 is 9.47 Å². The van der Waals surface area contributed by atoms with Crippen LogP contribution in [-0.2, 0) is 11.2 Å². The Labute approximate surface area is 103 Å². The summed E-state index contributed by atoms with van der Waals surface area (Å²) < 4.78 is 10.9. The molecule has 0 radical (unpaired) electrons. The Morgan fingerprint density at radius 3 is 2.41 bits per heavy atom. The highest BCUT2D eigenvalue weighted by Gasteiger charge is 2.15. The molecule has 0 spiro atoms. The van der Waals surface area contributed by atoms with Gasteiger partial charge in [-0.25, -0.2) is 0 Å². The van der Waals surface area contributed by atoms with Crippen LogP contribution in [0.25, 0.3) is 0 Å². The highest BCUT2D eigenvalue weighted by atomic mass is 16.5. The van der Waals surface area contributed by atoms with E-state index in [4.69, 9.17) is 14.7 Å². The van der Waals surface area contributed by atoms with Crippen molar-refractivity contribution in [3.8, 4) is 11.8 Å². The molecule has 0 aliphatic heterocycles. The number of hydrogen-bond donors (Lipinski definition) is 0. The lowest BCUT2D eigenvalue weighted by Gasteiger charge is -2.22. The van der Waals surface area contributed by atoms with Crippen molar-refractivity contribution in [3.63, 3.8) is 0 Å². The van der Waals surface area contributed by atoms with Crippen LogP contribution >= 0.6 is 0 Å². The smallest absolute Gasteiger partial charge is 0.119 e. The zero-order valence-corrected chi connectivity index (χ0v) is 10.7. The lowest BCUT2D eigenvalue weighted by atomic mass is 10.1. The SMILES string of the molecule is COC(C)(C)CCOc1ccc(CC#N)cc1. The van der Waals surface area contributed by atoms with Gasteiger partial charge in [-0.2, -0.15) is 5.26 Å². The molecule has 0 aliphatic carbocycles. The summed E-state index contributed by atoms with van der Waals surface area (Å²) in [6, 6.07) is 9.74. The van der Waals surface area contributed by atoms with E-state index < -0.39 is 0 Å². The van der Waals surface area contributed by atoms with Crippen molar-refractivity contribution >= 4 is 0 Å². The van der Waals surface area contributed by atoms with Crippen LogP contribution in [0.1, 0.15) is 25.8 Å². The molecule has 3 heteroatoms. The molecule has 0 aliphatic rings. The lowest BCUT2D eigenvalue weighted by Crippen LogP contribution is -2.25. The molecule has 92 valence electrons. The van der Waals surface area contributed by atoms with Crippen LogP contribution in [0.4, 0.5) is 0 Å². The molecule has 0 N–H and O–H groups in total. The molecule has 0 unspecified atom stereocenters. The van der Waals surface area contributed by atoms with E-state index in [1.54, 1.807) is 7.11 Å². The van der Waals surface area contributed by atoms with Gasteiger partial charge < -0.3 is 9.47 Å². The molecule has 0 bridgehead atoms. The maximum atomic E-state index is 8.55. The molecule has 0 atom stereocenters. The molecule has 0 saturated carbocycles. The molecule has 1 aromatic carbocycles. The first-order chi connectivity index (χ1) is 8.07. The normalized spacial score (nSPS) is 10.9. The number of nitrogens with zero attached hydrogens (tertiary/aromatic N) is 1. The van der Waals surface area contributed by atoms with E-state index in [1.807, 2.05) is 38.1 Å². The van der Waals surface area contributed by atoms with E-state index in [0.717, 1.165) is 17.7 Å². The van der Waals surface area contributed by atoms with Crippen LogP contribution in [0.3, 0.4) is 0 Å². The highest BCUT2D eigenvalue weighted by Crippen LogP contribution is 2.16. The van der Waals surface area contributed by atoms with Crippen molar-refractivity contribution in [3.05, 3.63) is 29.8 Å². The monoisotopic (exact) mass is 233 g/mol. The Morgan fingerprint density at radius 1 is 1.24 bits per heavy atom. The molecular formula is C14H19NO2. The van der Waals surface area contributed by atoms with Crippen LogP contribution in [0, 0.1) is 11.3 Å². The highest BCUT2D eigenvalue weighted by molar-refractivity contribution is 5.28. The number of nitriles is 1.